The van der Waals surface area contributed by atoms with E-state index in [1.807, 2.05) is 0 Å². The topological polar surface area (TPSA) is 89.3 Å². The standard InChI is InChI=1S/C8H6N2O4S/c11-8-6-3-1-2-4-7(6)10(5-9-8)15(12,13)14/h1-5H,(H,12,13,14). The minimum Gasteiger partial charge on any atom is -0.269 e. The first-order chi connectivity index (χ1) is 7.00. The van der Waals surface area contributed by atoms with E-state index in [1.165, 1.54) is 12.1 Å². The van der Waals surface area contributed by atoms with E-state index >= 15 is 0 Å². The zero-order valence-corrected chi connectivity index (χ0v) is 8.18. The molecule has 0 aliphatic carbocycles. The minimum absolute atomic E-state index is 0.0972. The van der Waals surface area contributed by atoms with Crippen LogP contribution >= 0.6 is 0 Å². The van der Waals surface area contributed by atoms with Crippen LogP contribution in [-0.4, -0.2) is 21.9 Å². The van der Waals surface area contributed by atoms with Crippen LogP contribution < -0.4 is 5.56 Å². The van der Waals surface area contributed by atoms with Crippen LogP contribution in [0.4, 0.5) is 0 Å². The lowest BCUT2D eigenvalue weighted by Gasteiger charge is -2.04. The number of fused-ring (bicyclic) bond motifs is 1. The molecular formula is C8H6N2O4S. The maximum absolute atomic E-state index is 11.3. The molecule has 2 rings (SSSR count). The van der Waals surface area contributed by atoms with Gasteiger partial charge in [0.25, 0.3) is 5.56 Å². The van der Waals surface area contributed by atoms with E-state index in [-0.39, 0.29) is 10.9 Å². The van der Waals surface area contributed by atoms with Gasteiger partial charge in [0.05, 0.1) is 10.9 Å². The van der Waals surface area contributed by atoms with E-state index in [4.69, 9.17) is 4.55 Å². The molecule has 0 amide bonds. The van der Waals surface area contributed by atoms with E-state index in [0.29, 0.717) is 3.97 Å². The quantitative estimate of drug-likeness (QED) is 0.694. The molecule has 0 fully saturated rings. The molecule has 2 aromatic rings. The summed E-state index contributed by atoms with van der Waals surface area (Å²) >= 11 is 0. The Labute approximate surface area is 84.7 Å². The van der Waals surface area contributed by atoms with Gasteiger partial charge in [-0.05, 0) is 12.1 Å². The number of benzene rings is 1. The van der Waals surface area contributed by atoms with Gasteiger partial charge in [-0.15, -0.1) is 0 Å². The van der Waals surface area contributed by atoms with Crippen molar-refractivity contribution in [1.29, 1.82) is 0 Å². The molecule has 78 valence electrons. The molecule has 1 aromatic carbocycles. The summed E-state index contributed by atoms with van der Waals surface area (Å²) in [5.41, 5.74) is -0.439. The maximum atomic E-state index is 11.3. The van der Waals surface area contributed by atoms with Crippen LogP contribution in [0.1, 0.15) is 0 Å². The average molecular weight is 226 g/mol. The van der Waals surface area contributed by atoms with Crippen molar-refractivity contribution in [3.8, 4) is 0 Å². The van der Waals surface area contributed by atoms with Gasteiger partial charge in [-0.1, -0.05) is 12.1 Å². The van der Waals surface area contributed by atoms with Gasteiger partial charge in [-0.25, -0.2) is 3.97 Å². The van der Waals surface area contributed by atoms with Gasteiger partial charge < -0.3 is 0 Å². The Hall–Kier alpha value is -1.73. The lowest BCUT2D eigenvalue weighted by molar-refractivity contribution is 0.473. The summed E-state index contributed by atoms with van der Waals surface area (Å²) in [5, 5.41) is 0.137. The van der Waals surface area contributed by atoms with Crippen molar-refractivity contribution < 1.29 is 13.0 Å². The Kier molecular flexibility index (Phi) is 2.06. The predicted octanol–water partition coefficient (Wildman–Crippen LogP) is 0.0474. The maximum Gasteiger partial charge on any atom is 0.365 e. The number of para-hydroxylation sites is 1. The fraction of sp³-hybridized carbons (Fsp3) is 0. The molecule has 1 N–H and O–H groups in total. The molecule has 0 atom stereocenters. The lowest BCUT2D eigenvalue weighted by Crippen LogP contribution is -2.18. The highest BCUT2D eigenvalue weighted by molar-refractivity contribution is 7.84. The SMILES string of the molecule is O=c1ncn(S(=O)(=O)O)c2ccccc12. The number of aromatic nitrogens is 2. The molecule has 0 aliphatic rings. The van der Waals surface area contributed by atoms with Gasteiger partial charge in [-0.3, -0.25) is 9.35 Å². The van der Waals surface area contributed by atoms with E-state index in [0.717, 1.165) is 6.33 Å². The molecule has 0 aliphatic heterocycles. The molecule has 6 nitrogen and oxygen atoms in total. The summed E-state index contributed by atoms with van der Waals surface area (Å²) in [6.45, 7) is 0. The van der Waals surface area contributed by atoms with Crippen molar-refractivity contribution in [3.63, 3.8) is 0 Å². The van der Waals surface area contributed by atoms with Gasteiger partial charge in [0, 0.05) is 0 Å². The third-order valence-corrected chi connectivity index (χ3v) is 2.69. The van der Waals surface area contributed by atoms with Gasteiger partial charge in [0.1, 0.15) is 6.33 Å². The molecule has 7 heteroatoms. The molecule has 1 heterocycles. The second-order valence-corrected chi connectivity index (χ2v) is 4.13. The van der Waals surface area contributed by atoms with Crippen LogP contribution in [0, 0.1) is 0 Å². The molecular weight excluding hydrogens is 220 g/mol. The van der Waals surface area contributed by atoms with Crippen LogP contribution in [0.2, 0.25) is 0 Å². The summed E-state index contributed by atoms with van der Waals surface area (Å²) in [7, 11) is -4.43. The summed E-state index contributed by atoms with van der Waals surface area (Å²) in [6, 6.07) is 5.99. The van der Waals surface area contributed by atoms with Crippen LogP contribution in [0.25, 0.3) is 10.9 Å². The first-order valence-electron chi connectivity index (χ1n) is 3.94. The molecule has 15 heavy (non-hydrogen) atoms. The monoisotopic (exact) mass is 226 g/mol. The van der Waals surface area contributed by atoms with E-state index in [2.05, 4.69) is 4.98 Å². The largest absolute Gasteiger partial charge is 0.365 e. The Morgan fingerprint density at radius 1 is 1.27 bits per heavy atom. The van der Waals surface area contributed by atoms with E-state index in [1.54, 1.807) is 12.1 Å². The predicted molar refractivity (Wildman–Crippen MR) is 52.9 cm³/mol. The highest BCUT2D eigenvalue weighted by atomic mass is 32.2. The number of hydrogen-bond acceptors (Lipinski definition) is 4. The Balaban J connectivity index is 3.03. The van der Waals surface area contributed by atoms with Crippen molar-refractivity contribution in [2.75, 3.05) is 0 Å². The lowest BCUT2D eigenvalue weighted by atomic mass is 10.2. The minimum atomic E-state index is -4.43. The van der Waals surface area contributed by atoms with E-state index in [9.17, 15) is 13.2 Å². The fourth-order valence-corrected chi connectivity index (χ4v) is 1.84. The van der Waals surface area contributed by atoms with Crippen molar-refractivity contribution >= 4 is 21.2 Å². The summed E-state index contributed by atoms with van der Waals surface area (Å²) < 4.78 is 31.3. The molecule has 0 saturated heterocycles. The first-order valence-corrected chi connectivity index (χ1v) is 5.34. The van der Waals surface area contributed by atoms with Crippen molar-refractivity contribution in [3.05, 3.63) is 40.9 Å². The molecule has 0 spiro atoms. The number of rotatable bonds is 1. The van der Waals surface area contributed by atoms with Crippen molar-refractivity contribution in [2.45, 2.75) is 0 Å². The van der Waals surface area contributed by atoms with Crippen LogP contribution in [0.15, 0.2) is 35.4 Å². The summed E-state index contributed by atoms with van der Waals surface area (Å²) in [6.07, 6.45) is 0.778. The highest BCUT2D eigenvalue weighted by Gasteiger charge is 2.11. The smallest absolute Gasteiger partial charge is 0.269 e. The van der Waals surface area contributed by atoms with Gasteiger partial charge in [0.2, 0.25) is 0 Å². The van der Waals surface area contributed by atoms with Crippen molar-refractivity contribution in [1.82, 2.24) is 8.96 Å². The van der Waals surface area contributed by atoms with Gasteiger partial charge in [-0.2, -0.15) is 13.4 Å². The zero-order valence-electron chi connectivity index (χ0n) is 7.36. The Morgan fingerprint density at radius 2 is 1.93 bits per heavy atom. The third kappa shape index (κ3) is 1.62. The number of hydrogen-bond donors (Lipinski definition) is 1. The van der Waals surface area contributed by atoms with Crippen LogP contribution in [0.3, 0.4) is 0 Å². The normalized spacial score (nSPS) is 11.8. The summed E-state index contributed by atoms with van der Waals surface area (Å²) in [4.78, 5) is 14.6. The van der Waals surface area contributed by atoms with Crippen molar-refractivity contribution in [2.24, 2.45) is 0 Å². The molecule has 0 unspecified atom stereocenters. The fourth-order valence-electron chi connectivity index (χ4n) is 1.27. The van der Waals surface area contributed by atoms with Gasteiger partial charge in [0.15, 0.2) is 0 Å². The molecule has 1 aromatic heterocycles. The molecule has 0 saturated carbocycles. The summed E-state index contributed by atoms with van der Waals surface area (Å²) in [5.74, 6) is 0. The zero-order chi connectivity index (χ0) is 11.1. The molecule has 0 radical (unpaired) electrons. The molecule has 0 bridgehead atoms. The highest BCUT2D eigenvalue weighted by Crippen LogP contribution is 2.09. The average Bonchev–Trinajstić information content (AvgIpc) is 2.17. The Morgan fingerprint density at radius 3 is 2.60 bits per heavy atom. The van der Waals surface area contributed by atoms with Crippen LogP contribution in [-0.2, 0) is 10.3 Å². The Bertz CT molecular complexity index is 674. The van der Waals surface area contributed by atoms with E-state index < -0.39 is 15.9 Å². The number of nitrogens with zero attached hydrogens (tertiary/aromatic N) is 2. The van der Waals surface area contributed by atoms with Crippen LogP contribution in [0.5, 0.6) is 0 Å². The first kappa shape index (κ1) is 9.81. The second kappa shape index (κ2) is 3.14. The second-order valence-electron chi connectivity index (χ2n) is 2.84. The van der Waals surface area contributed by atoms with Gasteiger partial charge >= 0.3 is 10.3 Å². The third-order valence-electron chi connectivity index (χ3n) is 1.90.